The first-order chi connectivity index (χ1) is 17.7. The molecule has 2 aromatic carbocycles. The van der Waals surface area contributed by atoms with Gasteiger partial charge >= 0.3 is 12.1 Å². The molecule has 0 aromatic heterocycles. The van der Waals surface area contributed by atoms with Crippen molar-refractivity contribution in [2.75, 3.05) is 13.1 Å². The number of carbonyl (C=O) groups is 2. The highest BCUT2D eigenvalue weighted by atomic mass is 16.6. The molecule has 4 rings (SSSR count). The van der Waals surface area contributed by atoms with E-state index in [4.69, 9.17) is 9.47 Å². The number of likely N-dealkylation sites (tertiary alicyclic amines) is 1. The number of piperidine rings is 1. The van der Waals surface area contributed by atoms with E-state index in [0.717, 1.165) is 47.2 Å². The van der Waals surface area contributed by atoms with Gasteiger partial charge in [-0.3, -0.25) is 9.79 Å². The largest absolute Gasteiger partial charge is 0.459 e. The predicted octanol–water partition coefficient (Wildman–Crippen LogP) is 7.33. The van der Waals surface area contributed by atoms with E-state index in [1.54, 1.807) is 11.0 Å². The number of esters is 1. The fourth-order valence-corrected chi connectivity index (χ4v) is 5.67. The summed E-state index contributed by atoms with van der Waals surface area (Å²) in [6.07, 6.45) is 3.64. The molecule has 6 heteroatoms. The number of hydrogen-bond donors (Lipinski definition) is 0. The molecule has 1 amide bonds. The van der Waals surface area contributed by atoms with E-state index in [1.807, 2.05) is 59.7 Å². The first-order valence-corrected chi connectivity index (χ1v) is 13.3. The van der Waals surface area contributed by atoms with E-state index >= 15 is 0 Å². The third-order valence-corrected chi connectivity index (χ3v) is 7.64. The molecule has 1 heterocycles. The van der Waals surface area contributed by atoms with Crippen molar-refractivity contribution in [2.24, 2.45) is 10.4 Å². The first kappa shape index (κ1) is 27.6. The molecule has 1 spiro atoms. The normalized spacial score (nSPS) is 20.5. The second-order valence-electron chi connectivity index (χ2n) is 12.5. The highest BCUT2D eigenvalue weighted by Gasteiger charge is 2.73. The van der Waals surface area contributed by atoms with Crippen LogP contribution in [0.4, 0.5) is 10.5 Å². The lowest BCUT2D eigenvalue weighted by Gasteiger charge is -2.36. The van der Waals surface area contributed by atoms with Gasteiger partial charge < -0.3 is 14.4 Å². The van der Waals surface area contributed by atoms with Crippen molar-refractivity contribution >= 4 is 30.5 Å². The van der Waals surface area contributed by atoms with Gasteiger partial charge in [-0.1, -0.05) is 49.1 Å². The molecular weight excluding hydrogens is 476 g/mol. The van der Waals surface area contributed by atoms with Crippen LogP contribution in [0, 0.1) is 5.41 Å². The number of hydrogen-bond acceptors (Lipinski definition) is 5. The van der Waals surface area contributed by atoms with Crippen molar-refractivity contribution in [3.63, 3.8) is 0 Å². The monoisotopic (exact) mass is 516 g/mol. The highest BCUT2D eigenvalue weighted by Crippen LogP contribution is 2.70. The standard InChI is InChI=1S/C32H40N2O4/c1-9-22-10-11-24(20-26(22)33-8)23-12-14-25(15-13-23)32(27(35)37-29(2,3)4)21-31(32)16-18-34(19-17-31)28(36)38-30(5,6)7/h9-15,20H,1,8,16-19,21H2,2-7H3. The highest BCUT2D eigenvalue weighted by molar-refractivity contribution is 5.90. The maximum atomic E-state index is 13.8. The van der Waals surface area contributed by atoms with Gasteiger partial charge in [0.2, 0.25) is 0 Å². The van der Waals surface area contributed by atoms with Crippen LogP contribution >= 0.6 is 0 Å². The summed E-state index contributed by atoms with van der Waals surface area (Å²) in [5, 5.41) is 0. The summed E-state index contributed by atoms with van der Waals surface area (Å²) in [5.74, 6) is -0.183. The van der Waals surface area contributed by atoms with Crippen LogP contribution in [0.5, 0.6) is 0 Å². The minimum absolute atomic E-state index is 0.183. The van der Waals surface area contributed by atoms with Crippen molar-refractivity contribution in [2.45, 2.75) is 77.4 Å². The SMILES string of the molecule is C=Cc1ccc(-c2ccc(C3(C(=O)OC(C)(C)C)CC34CCN(C(=O)OC(C)(C)C)CC4)cc2)cc1N=C. The Bertz CT molecular complexity index is 1240. The predicted molar refractivity (Wildman–Crippen MR) is 153 cm³/mol. The summed E-state index contributed by atoms with van der Waals surface area (Å²) in [7, 11) is 0. The summed E-state index contributed by atoms with van der Waals surface area (Å²) in [6.45, 7) is 20.0. The molecule has 1 aliphatic heterocycles. The molecule has 6 nitrogen and oxygen atoms in total. The van der Waals surface area contributed by atoms with Gasteiger partial charge in [-0.2, -0.15) is 0 Å². The Morgan fingerprint density at radius 2 is 1.50 bits per heavy atom. The van der Waals surface area contributed by atoms with E-state index in [9.17, 15) is 9.59 Å². The minimum Gasteiger partial charge on any atom is -0.459 e. The summed E-state index contributed by atoms with van der Waals surface area (Å²) < 4.78 is 11.6. The zero-order valence-corrected chi connectivity index (χ0v) is 23.6. The molecule has 38 heavy (non-hydrogen) atoms. The quantitative estimate of drug-likeness (QED) is 0.308. The third kappa shape index (κ3) is 5.27. The van der Waals surface area contributed by atoms with Crippen molar-refractivity contribution in [3.05, 3.63) is 60.2 Å². The van der Waals surface area contributed by atoms with Crippen LogP contribution in [0.3, 0.4) is 0 Å². The lowest BCUT2D eigenvalue weighted by molar-refractivity contribution is -0.159. The van der Waals surface area contributed by atoms with Gasteiger partial charge in [-0.15, -0.1) is 0 Å². The Hall–Kier alpha value is -3.41. The van der Waals surface area contributed by atoms with E-state index < -0.39 is 16.6 Å². The summed E-state index contributed by atoms with van der Waals surface area (Å²) in [4.78, 5) is 32.3. The van der Waals surface area contributed by atoms with E-state index in [0.29, 0.717) is 13.1 Å². The van der Waals surface area contributed by atoms with Crippen LogP contribution in [-0.4, -0.2) is 48.0 Å². The van der Waals surface area contributed by atoms with Crippen LogP contribution in [-0.2, 0) is 19.7 Å². The first-order valence-electron chi connectivity index (χ1n) is 13.3. The molecule has 1 atom stereocenters. The number of benzene rings is 2. The number of rotatable bonds is 5. The average Bonchev–Trinajstić information content (AvgIpc) is 3.50. The second-order valence-corrected chi connectivity index (χ2v) is 12.5. The summed E-state index contributed by atoms with van der Waals surface area (Å²) in [5.41, 5.74) is 2.64. The Labute approximate surface area is 226 Å². The molecule has 1 saturated carbocycles. The van der Waals surface area contributed by atoms with Gasteiger partial charge in [0.05, 0.1) is 11.1 Å². The van der Waals surface area contributed by atoms with Gasteiger partial charge in [-0.25, -0.2) is 4.79 Å². The van der Waals surface area contributed by atoms with Crippen molar-refractivity contribution < 1.29 is 19.1 Å². The lowest BCUT2D eigenvalue weighted by atomic mass is 9.79. The Kier molecular flexibility index (Phi) is 7.06. The Morgan fingerprint density at radius 3 is 2.03 bits per heavy atom. The van der Waals surface area contributed by atoms with Gasteiger partial charge in [0.1, 0.15) is 11.2 Å². The molecule has 1 saturated heterocycles. The van der Waals surface area contributed by atoms with E-state index in [1.165, 1.54) is 0 Å². The second kappa shape index (κ2) is 9.72. The molecule has 2 fully saturated rings. The molecule has 2 aromatic rings. The van der Waals surface area contributed by atoms with Crippen molar-refractivity contribution in [3.8, 4) is 11.1 Å². The lowest BCUT2D eigenvalue weighted by Crippen LogP contribution is -2.45. The van der Waals surface area contributed by atoms with Gasteiger partial charge in [0.25, 0.3) is 0 Å². The Morgan fingerprint density at radius 1 is 0.921 bits per heavy atom. The number of aliphatic imine (C=N–C) groups is 1. The van der Waals surface area contributed by atoms with Crippen molar-refractivity contribution in [1.29, 1.82) is 0 Å². The summed E-state index contributed by atoms with van der Waals surface area (Å²) in [6, 6.07) is 14.2. The minimum atomic E-state index is -0.723. The molecule has 2 aliphatic rings. The van der Waals surface area contributed by atoms with Crippen molar-refractivity contribution in [1.82, 2.24) is 4.90 Å². The Balaban J connectivity index is 1.61. The fraction of sp³-hybridized carbons (Fsp3) is 0.469. The molecular formula is C32H40N2O4. The number of ether oxygens (including phenoxy) is 2. The maximum absolute atomic E-state index is 13.8. The maximum Gasteiger partial charge on any atom is 0.410 e. The van der Waals surface area contributed by atoms with Crippen LogP contribution in [0.15, 0.2) is 54.0 Å². The van der Waals surface area contributed by atoms with E-state index in [-0.39, 0.29) is 17.5 Å². The van der Waals surface area contributed by atoms with Gasteiger partial charge in [0.15, 0.2) is 0 Å². The van der Waals surface area contributed by atoms with Gasteiger partial charge in [0, 0.05) is 13.1 Å². The van der Waals surface area contributed by atoms with Crippen LogP contribution in [0.2, 0.25) is 0 Å². The van der Waals surface area contributed by atoms with Crippen LogP contribution in [0.25, 0.3) is 17.2 Å². The van der Waals surface area contributed by atoms with E-state index in [2.05, 4.69) is 42.6 Å². The van der Waals surface area contributed by atoms with Crippen LogP contribution < -0.4 is 0 Å². The number of nitrogens with zero attached hydrogens (tertiary/aromatic N) is 2. The topological polar surface area (TPSA) is 68.2 Å². The van der Waals surface area contributed by atoms with Crippen LogP contribution in [0.1, 0.15) is 71.9 Å². The molecule has 1 unspecified atom stereocenters. The fourth-order valence-electron chi connectivity index (χ4n) is 5.67. The molecule has 0 N–H and O–H groups in total. The summed E-state index contributed by atoms with van der Waals surface area (Å²) >= 11 is 0. The zero-order valence-electron chi connectivity index (χ0n) is 23.6. The average molecular weight is 517 g/mol. The molecule has 0 radical (unpaired) electrons. The zero-order chi connectivity index (χ0) is 27.9. The molecule has 202 valence electrons. The number of carbonyl (C=O) groups excluding carboxylic acids is 2. The number of amides is 1. The third-order valence-electron chi connectivity index (χ3n) is 7.64. The van der Waals surface area contributed by atoms with Gasteiger partial charge in [-0.05, 0) is 101 Å². The smallest absolute Gasteiger partial charge is 0.410 e. The molecule has 1 aliphatic carbocycles. The molecule has 0 bridgehead atoms.